The topological polar surface area (TPSA) is 48.7 Å². The molecule has 0 amide bonds. The quantitative estimate of drug-likeness (QED) is 0.908. The molecule has 1 heterocycles. The molecule has 3 nitrogen and oxygen atoms in total. The van der Waals surface area contributed by atoms with Crippen LogP contribution in [0.1, 0.15) is 35.2 Å². The normalized spacial score (nSPS) is 11.8. The van der Waals surface area contributed by atoms with Crippen molar-refractivity contribution in [1.29, 1.82) is 5.26 Å². The van der Waals surface area contributed by atoms with Crippen molar-refractivity contribution >= 4 is 0 Å². The lowest BCUT2D eigenvalue weighted by Crippen LogP contribution is -2.18. The standard InChI is InChI=1S/C16H17N3/c1-12-8-14(9-17)5-6-15(12)11-19-13(2)16-4-3-7-18-10-16/h3-8,10,13,19H,11H2,1-2H3/t13-/m0/s1. The largest absolute Gasteiger partial charge is 0.306 e. The van der Waals surface area contributed by atoms with Gasteiger partial charge in [-0.1, -0.05) is 12.1 Å². The maximum Gasteiger partial charge on any atom is 0.0991 e. The van der Waals surface area contributed by atoms with Crippen molar-refractivity contribution in [3.05, 3.63) is 65.0 Å². The average Bonchev–Trinajstić information content (AvgIpc) is 2.46. The molecule has 0 saturated carbocycles. The number of hydrogen-bond acceptors (Lipinski definition) is 3. The Morgan fingerprint density at radius 2 is 2.21 bits per heavy atom. The number of rotatable bonds is 4. The minimum Gasteiger partial charge on any atom is -0.306 e. The lowest BCUT2D eigenvalue weighted by molar-refractivity contribution is 0.572. The average molecular weight is 251 g/mol. The van der Waals surface area contributed by atoms with Gasteiger partial charge < -0.3 is 5.32 Å². The Balaban J connectivity index is 2.01. The van der Waals surface area contributed by atoms with E-state index in [0.29, 0.717) is 5.56 Å². The molecule has 0 aliphatic rings. The van der Waals surface area contributed by atoms with Gasteiger partial charge in [-0.15, -0.1) is 0 Å². The Morgan fingerprint density at radius 3 is 2.84 bits per heavy atom. The summed E-state index contributed by atoms with van der Waals surface area (Å²) in [5.41, 5.74) is 4.25. The Morgan fingerprint density at radius 1 is 1.37 bits per heavy atom. The van der Waals surface area contributed by atoms with Gasteiger partial charge in [-0.2, -0.15) is 5.26 Å². The van der Waals surface area contributed by atoms with Gasteiger partial charge in [0.2, 0.25) is 0 Å². The van der Waals surface area contributed by atoms with Gasteiger partial charge in [-0.05, 0) is 48.7 Å². The SMILES string of the molecule is Cc1cc(C#N)ccc1CN[C@@H](C)c1cccnc1. The Bertz CT molecular complexity index is 585. The van der Waals surface area contributed by atoms with Crippen LogP contribution >= 0.6 is 0 Å². The highest BCUT2D eigenvalue weighted by molar-refractivity contribution is 5.37. The van der Waals surface area contributed by atoms with E-state index >= 15 is 0 Å². The first-order chi connectivity index (χ1) is 9.20. The van der Waals surface area contributed by atoms with Crippen LogP contribution in [0.5, 0.6) is 0 Å². The van der Waals surface area contributed by atoms with Crippen molar-refractivity contribution < 1.29 is 0 Å². The molecular weight excluding hydrogens is 234 g/mol. The summed E-state index contributed by atoms with van der Waals surface area (Å²) in [5.74, 6) is 0. The Kier molecular flexibility index (Phi) is 4.27. The molecule has 0 aliphatic carbocycles. The van der Waals surface area contributed by atoms with E-state index < -0.39 is 0 Å². The number of nitrogens with one attached hydrogen (secondary N) is 1. The van der Waals surface area contributed by atoms with E-state index in [1.807, 2.05) is 37.4 Å². The molecule has 19 heavy (non-hydrogen) atoms. The van der Waals surface area contributed by atoms with Gasteiger partial charge in [-0.3, -0.25) is 4.98 Å². The van der Waals surface area contributed by atoms with Gasteiger partial charge in [0.25, 0.3) is 0 Å². The fourth-order valence-corrected chi connectivity index (χ4v) is 1.98. The van der Waals surface area contributed by atoms with Gasteiger partial charge >= 0.3 is 0 Å². The van der Waals surface area contributed by atoms with E-state index in [9.17, 15) is 0 Å². The maximum absolute atomic E-state index is 8.85. The zero-order valence-corrected chi connectivity index (χ0v) is 11.2. The van der Waals surface area contributed by atoms with Crippen molar-refractivity contribution in [2.75, 3.05) is 0 Å². The lowest BCUT2D eigenvalue weighted by atomic mass is 10.0. The van der Waals surface area contributed by atoms with Gasteiger partial charge in [-0.25, -0.2) is 0 Å². The fourth-order valence-electron chi connectivity index (χ4n) is 1.98. The zero-order chi connectivity index (χ0) is 13.7. The minimum atomic E-state index is 0.253. The van der Waals surface area contributed by atoms with Crippen molar-refractivity contribution in [1.82, 2.24) is 10.3 Å². The smallest absolute Gasteiger partial charge is 0.0991 e. The summed E-state index contributed by atoms with van der Waals surface area (Å²) in [5, 5.41) is 12.3. The molecule has 1 atom stereocenters. The van der Waals surface area contributed by atoms with Gasteiger partial charge in [0.05, 0.1) is 11.6 Å². The summed E-state index contributed by atoms with van der Waals surface area (Å²) in [7, 11) is 0. The molecule has 0 radical (unpaired) electrons. The third-order valence-corrected chi connectivity index (χ3v) is 3.25. The maximum atomic E-state index is 8.85. The summed E-state index contributed by atoms with van der Waals surface area (Å²) >= 11 is 0. The number of nitriles is 1. The van der Waals surface area contributed by atoms with E-state index in [2.05, 4.69) is 29.4 Å². The predicted octanol–water partition coefficient (Wildman–Crippen LogP) is 3.11. The molecule has 3 heteroatoms. The molecule has 1 aromatic heterocycles. The predicted molar refractivity (Wildman–Crippen MR) is 75.4 cm³/mol. The molecular formula is C16H17N3. The van der Waals surface area contributed by atoms with Crippen LogP contribution in [-0.4, -0.2) is 4.98 Å². The highest BCUT2D eigenvalue weighted by atomic mass is 14.9. The first kappa shape index (κ1) is 13.3. The van der Waals surface area contributed by atoms with Crippen LogP contribution in [-0.2, 0) is 6.54 Å². The molecule has 0 fully saturated rings. The van der Waals surface area contributed by atoms with E-state index in [4.69, 9.17) is 5.26 Å². The molecule has 0 saturated heterocycles. The second-order valence-corrected chi connectivity index (χ2v) is 4.64. The summed E-state index contributed by atoms with van der Waals surface area (Å²) in [6.45, 7) is 4.94. The van der Waals surface area contributed by atoms with E-state index in [-0.39, 0.29) is 6.04 Å². The summed E-state index contributed by atoms with van der Waals surface area (Å²) in [6, 6.07) is 12.2. The molecule has 2 rings (SSSR count). The van der Waals surface area contributed by atoms with Gasteiger partial charge in [0.15, 0.2) is 0 Å². The second-order valence-electron chi connectivity index (χ2n) is 4.64. The number of aryl methyl sites for hydroxylation is 1. The second kappa shape index (κ2) is 6.12. The first-order valence-corrected chi connectivity index (χ1v) is 6.33. The van der Waals surface area contributed by atoms with Gasteiger partial charge in [0, 0.05) is 25.0 Å². The molecule has 0 bridgehead atoms. The number of aromatic nitrogens is 1. The highest BCUT2D eigenvalue weighted by Gasteiger charge is 2.06. The van der Waals surface area contributed by atoms with Crippen molar-refractivity contribution in [2.45, 2.75) is 26.4 Å². The molecule has 0 spiro atoms. The van der Waals surface area contributed by atoms with Crippen LogP contribution in [0.15, 0.2) is 42.7 Å². The van der Waals surface area contributed by atoms with Crippen LogP contribution < -0.4 is 5.32 Å². The van der Waals surface area contributed by atoms with Crippen LogP contribution in [0.3, 0.4) is 0 Å². The zero-order valence-electron chi connectivity index (χ0n) is 11.2. The third kappa shape index (κ3) is 3.40. The molecule has 1 N–H and O–H groups in total. The fraction of sp³-hybridized carbons (Fsp3) is 0.250. The Hall–Kier alpha value is -2.18. The number of nitrogens with zero attached hydrogens (tertiary/aromatic N) is 2. The van der Waals surface area contributed by atoms with Gasteiger partial charge in [0.1, 0.15) is 0 Å². The third-order valence-electron chi connectivity index (χ3n) is 3.25. The monoisotopic (exact) mass is 251 g/mol. The van der Waals surface area contributed by atoms with Crippen LogP contribution in [0.25, 0.3) is 0 Å². The van der Waals surface area contributed by atoms with Crippen molar-refractivity contribution in [3.63, 3.8) is 0 Å². The summed E-state index contributed by atoms with van der Waals surface area (Å²) < 4.78 is 0. The molecule has 0 unspecified atom stereocenters. The molecule has 2 aromatic rings. The first-order valence-electron chi connectivity index (χ1n) is 6.33. The van der Waals surface area contributed by atoms with E-state index in [1.54, 1.807) is 6.20 Å². The summed E-state index contributed by atoms with van der Waals surface area (Å²) in [4.78, 5) is 4.12. The van der Waals surface area contributed by atoms with Crippen molar-refractivity contribution in [3.8, 4) is 6.07 Å². The van der Waals surface area contributed by atoms with Crippen molar-refractivity contribution in [2.24, 2.45) is 0 Å². The number of pyridine rings is 1. The van der Waals surface area contributed by atoms with Crippen LogP contribution in [0, 0.1) is 18.3 Å². The molecule has 0 aliphatic heterocycles. The number of hydrogen-bond donors (Lipinski definition) is 1. The summed E-state index contributed by atoms with van der Waals surface area (Å²) in [6.07, 6.45) is 3.66. The van der Waals surface area contributed by atoms with E-state index in [0.717, 1.165) is 12.1 Å². The number of benzene rings is 1. The van der Waals surface area contributed by atoms with Crippen LogP contribution in [0.4, 0.5) is 0 Å². The Labute approximate surface area is 113 Å². The van der Waals surface area contributed by atoms with Crippen LogP contribution in [0.2, 0.25) is 0 Å². The molecule has 1 aromatic carbocycles. The van der Waals surface area contributed by atoms with E-state index in [1.165, 1.54) is 11.1 Å². The molecule has 96 valence electrons. The highest BCUT2D eigenvalue weighted by Crippen LogP contribution is 2.14. The lowest BCUT2D eigenvalue weighted by Gasteiger charge is -2.15. The minimum absolute atomic E-state index is 0.253.